The highest BCUT2D eigenvalue weighted by atomic mass is 19.4. The van der Waals surface area contributed by atoms with Crippen LogP contribution in [-0.2, 0) is 0 Å². The summed E-state index contributed by atoms with van der Waals surface area (Å²) >= 11 is 0. The number of nitrogens with zero attached hydrogens (tertiary/aromatic N) is 1. The van der Waals surface area contributed by atoms with Crippen molar-refractivity contribution < 1.29 is 18.3 Å². The molecule has 0 aliphatic carbocycles. The van der Waals surface area contributed by atoms with Crippen LogP contribution in [0.15, 0.2) is 30.3 Å². The first-order valence-corrected chi connectivity index (χ1v) is 5.49. The number of hydrogen-bond acceptors (Lipinski definition) is 2. The summed E-state index contributed by atoms with van der Waals surface area (Å²) < 4.78 is 36.3. The molecule has 2 nitrogen and oxygen atoms in total. The molecule has 0 saturated carbocycles. The lowest BCUT2D eigenvalue weighted by molar-refractivity contribution is -0.210. The third-order valence-electron chi connectivity index (χ3n) is 3.04. The summed E-state index contributed by atoms with van der Waals surface area (Å²) in [5, 5.41) is 8.91. The standard InChI is InChI=1S/C12H14F3NO/c13-12(14,15)11(17)8-16-6-10(7-16)9-4-2-1-3-5-9/h1-5,10-11,17H,6-8H2. The predicted octanol–water partition coefficient (Wildman–Crippen LogP) is 2.01. The zero-order chi connectivity index (χ0) is 12.5. The molecular formula is C12H14F3NO. The number of benzene rings is 1. The molecule has 0 amide bonds. The van der Waals surface area contributed by atoms with Gasteiger partial charge in [-0.25, -0.2) is 0 Å². The Labute approximate surface area is 97.7 Å². The maximum atomic E-state index is 12.1. The summed E-state index contributed by atoms with van der Waals surface area (Å²) in [7, 11) is 0. The minimum absolute atomic E-state index is 0.289. The molecule has 2 rings (SSSR count). The topological polar surface area (TPSA) is 23.5 Å². The van der Waals surface area contributed by atoms with Gasteiger partial charge in [-0.3, -0.25) is 4.90 Å². The summed E-state index contributed by atoms with van der Waals surface area (Å²) in [5.74, 6) is 0.289. The zero-order valence-corrected chi connectivity index (χ0v) is 9.19. The molecule has 0 spiro atoms. The van der Waals surface area contributed by atoms with Gasteiger partial charge < -0.3 is 5.11 Å². The number of aliphatic hydroxyl groups excluding tert-OH is 1. The molecule has 1 fully saturated rings. The molecule has 1 heterocycles. The fraction of sp³-hybridized carbons (Fsp3) is 0.500. The summed E-state index contributed by atoms with van der Waals surface area (Å²) in [5.41, 5.74) is 1.14. The van der Waals surface area contributed by atoms with E-state index in [1.807, 2.05) is 30.3 Å². The van der Waals surface area contributed by atoms with Gasteiger partial charge in [-0.1, -0.05) is 30.3 Å². The van der Waals surface area contributed by atoms with Gasteiger partial charge in [-0.05, 0) is 5.56 Å². The average molecular weight is 245 g/mol. The lowest BCUT2D eigenvalue weighted by Crippen LogP contribution is -2.51. The lowest BCUT2D eigenvalue weighted by atomic mass is 9.91. The first-order valence-electron chi connectivity index (χ1n) is 5.49. The van der Waals surface area contributed by atoms with Crippen molar-refractivity contribution in [3.05, 3.63) is 35.9 Å². The highest BCUT2D eigenvalue weighted by molar-refractivity contribution is 5.22. The molecular weight excluding hydrogens is 231 g/mol. The molecule has 1 saturated heterocycles. The van der Waals surface area contributed by atoms with Gasteiger partial charge in [0, 0.05) is 25.6 Å². The van der Waals surface area contributed by atoms with Gasteiger partial charge in [-0.2, -0.15) is 13.2 Å². The van der Waals surface area contributed by atoms with Crippen molar-refractivity contribution in [1.29, 1.82) is 0 Å². The maximum Gasteiger partial charge on any atom is 0.415 e. The Morgan fingerprint density at radius 1 is 1.24 bits per heavy atom. The van der Waals surface area contributed by atoms with Crippen molar-refractivity contribution >= 4 is 0 Å². The Bertz CT molecular complexity index is 360. The second kappa shape index (κ2) is 4.66. The molecule has 1 aliphatic heterocycles. The van der Waals surface area contributed by atoms with Crippen molar-refractivity contribution in [2.45, 2.75) is 18.2 Å². The van der Waals surface area contributed by atoms with Crippen LogP contribution in [0.5, 0.6) is 0 Å². The second-order valence-electron chi connectivity index (χ2n) is 4.38. The Hall–Kier alpha value is -1.07. The molecule has 5 heteroatoms. The van der Waals surface area contributed by atoms with Crippen molar-refractivity contribution in [3.8, 4) is 0 Å². The normalized spacial score (nSPS) is 20.0. The molecule has 1 aromatic rings. The molecule has 17 heavy (non-hydrogen) atoms. The summed E-state index contributed by atoms with van der Waals surface area (Å²) in [4.78, 5) is 1.62. The van der Waals surface area contributed by atoms with Gasteiger partial charge in [0.05, 0.1) is 0 Å². The number of aliphatic hydroxyl groups is 1. The highest BCUT2D eigenvalue weighted by Gasteiger charge is 2.41. The monoisotopic (exact) mass is 245 g/mol. The van der Waals surface area contributed by atoms with Gasteiger partial charge in [0.15, 0.2) is 6.10 Å². The molecule has 0 aromatic heterocycles. The fourth-order valence-electron chi connectivity index (χ4n) is 2.00. The van der Waals surface area contributed by atoms with Crippen molar-refractivity contribution in [2.75, 3.05) is 19.6 Å². The molecule has 1 aliphatic rings. The van der Waals surface area contributed by atoms with E-state index >= 15 is 0 Å². The molecule has 94 valence electrons. The van der Waals surface area contributed by atoms with Gasteiger partial charge in [0.1, 0.15) is 0 Å². The third kappa shape index (κ3) is 2.98. The first-order chi connectivity index (χ1) is 7.97. The van der Waals surface area contributed by atoms with Crippen LogP contribution in [0.1, 0.15) is 11.5 Å². The first kappa shape index (κ1) is 12.4. The third-order valence-corrected chi connectivity index (χ3v) is 3.04. The molecule has 1 atom stereocenters. The van der Waals surface area contributed by atoms with E-state index < -0.39 is 12.3 Å². The summed E-state index contributed by atoms with van der Waals surface area (Å²) in [6, 6.07) is 9.70. The van der Waals surface area contributed by atoms with E-state index in [-0.39, 0.29) is 12.5 Å². The van der Waals surface area contributed by atoms with Gasteiger partial charge >= 0.3 is 6.18 Å². The number of β-amino-alcohol motifs (C(OH)–C–C–N with tert-alkyl or cyclic N) is 1. The van der Waals surface area contributed by atoms with E-state index in [0.29, 0.717) is 13.1 Å². The summed E-state index contributed by atoms with van der Waals surface area (Å²) in [6.07, 6.45) is -6.75. The van der Waals surface area contributed by atoms with E-state index in [1.165, 1.54) is 0 Å². The molecule has 0 radical (unpaired) electrons. The number of alkyl halides is 3. The molecule has 1 unspecified atom stereocenters. The Morgan fingerprint density at radius 2 is 1.82 bits per heavy atom. The van der Waals surface area contributed by atoms with Gasteiger partial charge in [-0.15, -0.1) is 0 Å². The van der Waals surface area contributed by atoms with Crippen LogP contribution in [0.4, 0.5) is 13.2 Å². The van der Waals surface area contributed by atoms with Crippen molar-refractivity contribution in [2.24, 2.45) is 0 Å². The predicted molar refractivity (Wildman–Crippen MR) is 57.7 cm³/mol. The van der Waals surface area contributed by atoms with Crippen LogP contribution >= 0.6 is 0 Å². The maximum absolute atomic E-state index is 12.1. The number of hydrogen-bond donors (Lipinski definition) is 1. The lowest BCUT2D eigenvalue weighted by Gasteiger charge is -2.40. The number of halogens is 3. The van der Waals surface area contributed by atoms with Crippen LogP contribution in [0, 0.1) is 0 Å². The van der Waals surface area contributed by atoms with E-state index in [9.17, 15) is 13.2 Å². The quantitative estimate of drug-likeness (QED) is 0.880. The highest BCUT2D eigenvalue weighted by Crippen LogP contribution is 2.29. The zero-order valence-electron chi connectivity index (χ0n) is 9.19. The summed E-state index contributed by atoms with van der Waals surface area (Å²) in [6.45, 7) is 0.834. The Kier molecular flexibility index (Phi) is 3.40. The largest absolute Gasteiger partial charge is 0.415 e. The number of likely N-dealkylation sites (tertiary alicyclic amines) is 1. The van der Waals surface area contributed by atoms with Crippen molar-refractivity contribution in [1.82, 2.24) is 4.90 Å². The van der Waals surface area contributed by atoms with Crippen LogP contribution in [0.3, 0.4) is 0 Å². The van der Waals surface area contributed by atoms with Gasteiger partial charge in [0.25, 0.3) is 0 Å². The van der Waals surface area contributed by atoms with Crippen LogP contribution in [0.2, 0.25) is 0 Å². The van der Waals surface area contributed by atoms with Crippen LogP contribution in [-0.4, -0.2) is 41.9 Å². The van der Waals surface area contributed by atoms with E-state index in [1.54, 1.807) is 4.90 Å². The minimum Gasteiger partial charge on any atom is -0.382 e. The fourth-order valence-corrected chi connectivity index (χ4v) is 2.00. The smallest absolute Gasteiger partial charge is 0.382 e. The number of rotatable bonds is 3. The SMILES string of the molecule is OC(CN1CC(c2ccccc2)C1)C(F)(F)F. The Morgan fingerprint density at radius 3 is 2.35 bits per heavy atom. The van der Waals surface area contributed by atoms with E-state index in [2.05, 4.69) is 0 Å². The minimum atomic E-state index is -4.52. The average Bonchev–Trinajstić information content (AvgIpc) is 2.22. The molecule has 0 bridgehead atoms. The molecule has 1 aromatic carbocycles. The van der Waals surface area contributed by atoms with Crippen LogP contribution < -0.4 is 0 Å². The Balaban J connectivity index is 1.80. The van der Waals surface area contributed by atoms with Crippen LogP contribution in [0.25, 0.3) is 0 Å². The van der Waals surface area contributed by atoms with Crippen molar-refractivity contribution in [3.63, 3.8) is 0 Å². The van der Waals surface area contributed by atoms with E-state index in [0.717, 1.165) is 5.56 Å². The van der Waals surface area contributed by atoms with Gasteiger partial charge in [0.2, 0.25) is 0 Å². The second-order valence-corrected chi connectivity index (χ2v) is 4.38. The van der Waals surface area contributed by atoms with E-state index in [4.69, 9.17) is 5.11 Å². The molecule has 1 N–H and O–H groups in total.